The Balaban J connectivity index is -0.00000000381. The van der Waals surface area contributed by atoms with E-state index in [2.05, 4.69) is 11.7 Å². The Morgan fingerprint density at radius 2 is 0.833 bits per heavy atom. The Morgan fingerprint density at radius 1 is 0.833 bits per heavy atom. The third kappa shape index (κ3) is 1670. The smallest absolute Gasteiger partial charge is 0.316 e. The largest absolute Gasteiger partial charge is 0.412 e. The highest BCUT2D eigenvalue weighted by molar-refractivity contribution is 8.61. The van der Waals surface area contributed by atoms with Crippen LogP contribution in [0.2, 0.25) is 0 Å². The second-order valence-electron chi connectivity index (χ2n) is 0.448. The molecule has 84 valence electrons. The number of hydrogen-bond donors (Lipinski definition) is 2. The zero-order valence-electron chi connectivity index (χ0n) is 5.12. The highest BCUT2D eigenvalue weighted by Crippen LogP contribution is 1.81. The van der Waals surface area contributed by atoms with Gasteiger partial charge in [-0.1, -0.05) is 0 Å². The maximum Gasteiger partial charge on any atom is 0.316 e. The van der Waals surface area contributed by atoms with Gasteiger partial charge < -0.3 is 32.9 Å². The summed E-state index contributed by atoms with van der Waals surface area (Å²) < 4.78 is 25.5. The molecule has 0 aliphatic heterocycles. The molecule has 0 radical (unpaired) electrons. The third-order valence-electron chi connectivity index (χ3n) is 0. The molecule has 0 spiro atoms. The number of hydrogen-bond acceptors (Lipinski definition) is 2. The fourth-order valence-corrected chi connectivity index (χ4v) is 0. The Morgan fingerprint density at radius 3 is 0.833 bits per heavy atom. The quantitative estimate of drug-likeness (QED) is 0.184. The lowest BCUT2D eigenvalue weighted by Gasteiger charge is -1.67. The van der Waals surface area contributed by atoms with Gasteiger partial charge in [0.15, 0.2) is 0 Å². The summed E-state index contributed by atoms with van der Waals surface area (Å²) in [6.45, 7) is 0. The zero-order chi connectivity index (χ0) is 4.50. The van der Waals surface area contributed by atoms with Crippen molar-refractivity contribution >= 4 is 43.9 Å². The van der Waals surface area contributed by atoms with Gasteiger partial charge in [-0.15, -0.1) is 0 Å². The second kappa shape index (κ2) is 29.8. The molecule has 12 heavy (non-hydrogen) atoms. The molecular weight excluding hydrogens is 232 g/mol. The Labute approximate surface area is 89.7 Å². The van der Waals surface area contributed by atoms with Crippen LogP contribution in [0.3, 0.4) is 0 Å². The standard InChI is InChI=1S/Mg.H2O3S2.6H2O.2H/c;1-5(2,3)4;;;;;;;;/h;(H2,1,2,3,4);6*1H2;;. The van der Waals surface area contributed by atoms with Crippen molar-refractivity contribution < 1.29 is 45.8 Å². The molecule has 0 fully saturated rings. The van der Waals surface area contributed by atoms with Crippen molar-refractivity contribution in [2.24, 2.45) is 0 Å². The van der Waals surface area contributed by atoms with E-state index in [-0.39, 0.29) is 55.9 Å². The Kier molecular flexibility index (Phi) is 192. The van der Waals surface area contributed by atoms with E-state index in [4.69, 9.17) is 13.0 Å². The topological polar surface area (TPSA) is 243 Å². The zero-order valence-corrected chi connectivity index (χ0v) is 6.83. The van der Waals surface area contributed by atoms with Gasteiger partial charge in [0.1, 0.15) is 0 Å². The van der Waals surface area contributed by atoms with Crippen LogP contribution in [0.5, 0.6) is 0 Å². The predicted molar refractivity (Wildman–Crippen MR) is 50.8 cm³/mol. The summed E-state index contributed by atoms with van der Waals surface area (Å²) in [4.78, 5) is 0. The van der Waals surface area contributed by atoms with E-state index in [0.717, 1.165) is 0 Å². The second-order valence-corrected chi connectivity index (χ2v) is 2.73. The summed E-state index contributed by atoms with van der Waals surface area (Å²) in [6.07, 6.45) is 0. The molecule has 0 amide bonds. The molecule has 0 saturated heterocycles. The van der Waals surface area contributed by atoms with Crippen molar-refractivity contribution in [3.63, 3.8) is 0 Å². The van der Waals surface area contributed by atoms with Crippen molar-refractivity contribution in [2.45, 2.75) is 0 Å². The van der Waals surface area contributed by atoms with Gasteiger partial charge in [0.2, 0.25) is 0 Å². The van der Waals surface area contributed by atoms with Gasteiger partial charge in [0, 0.05) is 0 Å². The van der Waals surface area contributed by atoms with Crippen molar-refractivity contribution in [2.75, 3.05) is 0 Å². The van der Waals surface area contributed by atoms with Gasteiger partial charge in [0.25, 0.3) is 0 Å². The fourth-order valence-electron chi connectivity index (χ4n) is 0. The molecule has 0 rings (SSSR count). The number of rotatable bonds is 0. The van der Waals surface area contributed by atoms with Gasteiger partial charge in [-0.25, -0.2) is 0 Å². The molecule has 0 aliphatic carbocycles. The molecule has 12 heteroatoms. The molecule has 13 N–H and O–H groups in total. The first-order valence-corrected chi connectivity index (χ1v) is 3.19. The summed E-state index contributed by atoms with van der Waals surface area (Å²) >= 11 is 2.65. The van der Waals surface area contributed by atoms with Crippen LogP contribution >= 0.6 is 11.7 Å². The van der Waals surface area contributed by atoms with Gasteiger partial charge >= 0.3 is 32.2 Å². The maximum absolute atomic E-state index is 9.05. The SMILES string of the molecule is O.O.O.O.O.O.O=S(=O)(O)S.[MgH2]. The normalized spacial score (nSPS) is 4.83. The van der Waals surface area contributed by atoms with E-state index in [1.54, 1.807) is 0 Å². The molecule has 0 saturated carbocycles. The van der Waals surface area contributed by atoms with Crippen LogP contribution in [0, 0.1) is 0 Å². The van der Waals surface area contributed by atoms with Crippen LogP contribution in [0.1, 0.15) is 0 Å². The molecule has 0 unspecified atom stereocenters. The fraction of sp³-hybridized carbons (Fsp3) is 0. The lowest BCUT2D eigenvalue weighted by Crippen LogP contribution is -1.78. The van der Waals surface area contributed by atoms with E-state index in [9.17, 15) is 0 Å². The van der Waals surface area contributed by atoms with Gasteiger partial charge in [-0.3, -0.25) is 4.55 Å². The molecule has 0 aromatic heterocycles. The lowest BCUT2D eigenvalue weighted by atomic mass is 15.9. The monoisotopic (exact) mass is 248 g/mol. The van der Waals surface area contributed by atoms with E-state index >= 15 is 0 Å². The van der Waals surface area contributed by atoms with Crippen LogP contribution in [-0.2, 0) is 9.15 Å². The molecule has 0 aromatic rings. The first-order chi connectivity index (χ1) is 2.00. The van der Waals surface area contributed by atoms with Crippen LogP contribution in [0.4, 0.5) is 0 Å². The molecular formula is H16MgO9S2. The van der Waals surface area contributed by atoms with E-state index in [1.807, 2.05) is 0 Å². The summed E-state index contributed by atoms with van der Waals surface area (Å²) in [5, 5.41) is 0. The van der Waals surface area contributed by atoms with Crippen molar-refractivity contribution in [3.8, 4) is 0 Å². The molecule has 0 aliphatic rings. The Hall–Kier alpha value is 0.786. The molecule has 0 bridgehead atoms. The van der Waals surface area contributed by atoms with Crippen molar-refractivity contribution in [1.82, 2.24) is 0 Å². The van der Waals surface area contributed by atoms with Gasteiger partial charge in [-0.05, 0) is 11.7 Å². The average molecular weight is 249 g/mol. The molecule has 9 nitrogen and oxygen atoms in total. The summed E-state index contributed by atoms with van der Waals surface area (Å²) in [5.74, 6) is 0. The molecule has 0 atom stereocenters. The van der Waals surface area contributed by atoms with Gasteiger partial charge in [0.05, 0.1) is 0 Å². The predicted octanol–water partition coefficient (Wildman–Crippen LogP) is -6.15. The van der Waals surface area contributed by atoms with Crippen LogP contribution in [0.25, 0.3) is 0 Å². The average Bonchev–Trinajstić information content (AvgIpc) is 0.722. The number of thiol groups is 1. The summed E-state index contributed by atoms with van der Waals surface area (Å²) in [5.41, 5.74) is 0. The minimum Gasteiger partial charge on any atom is -0.412 e. The van der Waals surface area contributed by atoms with E-state index in [0.29, 0.717) is 0 Å². The van der Waals surface area contributed by atoms with Crippen molar-refractivity contribution in [1.29, 1.82) is 0 Å². The maximum atomic E-state index is 9.05. The van der Waals surface area contributed by atoms with E-state index < -0.39 is 9.15 Å². The van der Waals surface area contributed by atoms with Crippen molar-refractivity contribution in [3.05, 3.63) is 0 Å². The summed E-state index contributed by atoms with van der Waals surface area (Å²) in [7, 11) is -3.97. The first-order valence-electron chi connectivity index (χ1n) is 0.698. The highest BCUT2D eigenvalue weighted by Gasteiger charge is 1.83. The lowest BCUT2D eigenvalue weighted by molar-refractivity contribution is 0.503. The Bertz CT molecular complexity index is 95.7. The minimum absolute atomic E-state index is 0. The minimum atomic E-state index is -3.97. The summed E-state index contributed by atoms with van der Waals surface area (Å²) in [6, 6.07) is 0. The molecule has 0 aromatic carbocycles. The van der Waals surface area contributed by atoms with Crippen LogP contribution in [0.15, 0.2) is 0 Å². The van der Waals surface area contributed by atoms with Crippen LogP contribution < -0.4 is 0 Å². The van der Waals surface area contributed by atoms with Crippen LogP contribution in [-0.4, -0.2) is 68.9 Å². The first kappa shape index (κ1) is 77.5. The van der Waals surface area contributed by atoms with E-state index in [1.165, 1.54) is 0 Å². The van der Waals surface area contributed by atoms with Gasteiger partial charge in [-0.2, -0.15) is 8.42 Å². The molecule has 0 heterocycles. The third-order valence-corrected chi connectivity index (χ3v) is 0. The highest BCUT2D eigenvalue weighted by atomic mass is 33.1.